The molecule has 108 valence electrons. The van der Waals surface area contributed by atoms with Crippen molar-refractivity contribution in [3.8, 4) is 11.8 Å². The van der Waals surface area contributed by atoms with E-state index < -0.39 is 0 Å². The van der Waals surface area contributed by atoms with Crippen LogP contribution in [0.1, 0.15) is 42.6 Å². The number of ether oxygens (including phenoxy) is 1. The third-order valence-corrected chi connectivity index (χ3v) is 3.66. The van der Waals surface area contributed by atoms with Gasteiger partial charge in [-0.1, -0.05) is 24.3 Å². The number of benzene rings is 2. The Labute approximate surface area is 126 Å². The van der Waals surface area contributed by atoms with Gasteiger partial charge in [-0.15, -0.1) is 0 Å². The highest BCUT2D eigenvalue weighted by molar-refractivity contribution is 5.33. The molecule has 0 bridgehead atoms. The molecule has 0 heterocycles. The molecule has 0 spiro atoms. The first-order valence-corrected chi connectivity index (χ1v) is 7.04. The molecule has 0 saturated carbocycles. The first kappa shape index (κ1) is 15.1. The summed E-state index contributed by atoms with van der Waals surface area (Å²) in [5, 5.41) is 12.4. The van der Waals surface area contributed by atoms with Crippen LogP contribution in [0.15, 0.2) is 48.5 Å². The molecule has 0 saturated heterocycles. The van der Waals surface area contributed by atoms with Crippen molar-refractivity contribution < 1.29 is 4.74 Å². The molecular weight excluding hydrogens is 260 g/mol. The van der Waals surface area contributed by atoms with Gasteiger partial charge in [0.15, 0.2) is 0 Å². The number of rotatable bonds is 5. The van der Waals surface area contributed by atoms with Crippen LogP contribution in [-0.4, -0.2) is 7.11 Å². The molecule has 0 aromatic heterocycles. The molecule has 1 unspecified atom stereocenters. The van der Waals surface area contributed by atoms with E-state index in [2.05, 4.69) is 37.4 Å². The van der Waals surface area contributed by atoms with E-state index in [0.717, 1.165) is 5.75 Å². The van der Waals surface area contributed by atoms with Gasteiger partial charge in [0.1, 0.15) is 5.75 Å². The molecule has 0 aliphatic heterocycles. The second-order valence-corrected chi connectivity index (χ2v) is 5.12. The molecular formula is C18H20N2O. The minimum Gasteiger partial charge on any atom is -0.497 e. The Kier molecular flexibility index (Phi) is 4.97. The van der Waals surface area contributed by atoms with Gasteiger partial charge in [-0.3, -0.25) is 0 Å². The molecule has 3 heteroatoms. The molecule has 0 radical (unpaired) electrons. The predicted octanol–water partition coefficient (Wildman–Crippen LogP) is 3.98. The van der Waals surface area contributed by atoms with E-state index in [4.69, 9.17) is 10.00 Å². The van der Waals surface area contributed by atoms with Crippen molar-refractivity contribution in [2.75, 3.05) is 7.11 Å². The number of nitriles is 1. The minimum atomic E-state index is 0.217. The number of nitrogens with zero attached hydrogens (tertiary/aromatic N) is 1. The van der Waals surface area contributed by atoms with Crippen LogP contribution in [0.2, 0.25) is 0 Å². The third-order valence-electron chi connectivity index (χ3n) is 3.66. The van der Waals surface area contributed by atoms with Gasteiger partial charge in [-0.25, -0.2) is 0 Å². The van der Waals surface area contributed by atoms with E-state index in [9.17, 15) is 0 Å². The summed E-state index contributed by atoms with van der Waals surface area (Å²) in [5.41, 5.74) is 3.08. The Morgan fingerprint density at radius 1 is 0.905 bits per heavy atom. The molecule has 21 heavy (non-hydrogen) atoms. The fourth-order valence-electron chi connectivity index (χ4n) is 2.31. The summed E-state index contributed by atoms with van der Waals surface area (Å²) < 4.78 is 5.17. The first-order chi connectivity index (χ1) is 10.1. The molecule has 2 rings (SSSR count). The summed E-state index contributed by atoms with van der Waals surface area (Å²) in [6.45, 7) is 4.27. The van der Waals surface area contributed by atoms with Crippen molar-refractivity contribution in [1.29, 1.82) is 5.26 Å². The predicted molar refractivity (Wildman–Crippen MR) is 84.1 cm³/mol. The van der Waals surface area contributed by atoms with Crippen molar-refractivity contribution >= 4 is 0 Å². The number of methoxy groups -OCH3 is 1. The monoisotopic (exact) mass is 280 g/mol. The highest BCUT2D eigenvalue weighted by Crippen LogP contribution is 2.21. The van der Waals surface area contributed by atoms with Crippen molar-refractivity contribution in [3.63, 3.8) is 0 Å². The number of hydrogen-bond acceptors (Lipinski definition) is 3. The third kappa shape index (κ3) is 3.84. The second kappa shape index (κ2) is 6.92. The zero-order chi connectivity index (χ0) is 15.2. The molecule has 0 aliphatic carbocycles. The lowest BCUT2D eigenvalue weighted by Crippen LogP contribution is -2.22. The minimum absolute atomic E-state index is 0.217. The molecule has 2 aromatic rings. The van der Waals surface area contributed by atoms with Crippen LogP contribution >= 0.6 is 0 Å². The zero-order valence-electron chi connectivity index (χ0n) is 12.6. The Morgan fingerprint density at radius 2 is 1.38 bits per heavy atom. The van der Waals surface area contributed by atoms with Crippen LogP contribution in [0.4, 0.5) is 0 Å². The lowest BCUT2D eigenvalue weighted by molar-refractivity contribution is 0.414. The maximum Gasteiger partial charge on any atom is 0.118 e. The van der Waals surface area contributed by atoms with Gasteiger partial charge in [0.05, 0.1) is 18.7 Å². The van der Waals surface area contributed by atoms with Gasteiger partial charge in [-0.2, -0.15) is 5.26 Å². The molecule has 2 atom stereocenters. The summed E-state index contributed by atoms with van der Waals surface area (Å²) in [6, 6.07) is 18.4. The largest absolute Gasteiger partial charge is 0.497 e. The van der Waals surface area contributed by atoms with Crippen molar-refractivity contribution in [1.82, 2.24) is 5.32 Å². The van der Waals surface area contributed by atoms with Gasteiger partial charge < -0.3 is 10.1 Å². The summed E-state index contributed by atoms with van der Waals surface area (Å²) in [6.07, 6.45) is 0. The van der Waals surface area contributed by atoms with Crippen LogP contribution in [-0.2, 0) is 0 Å². The maximum absolute atomic E-state index is 8.83. The average molecular weight is 280 g/mol. The first-order valence-electron chi connectivity index (χ1n) is 7.04. The van der Waals surface area contributed by atoms with Gasteiger partial charge in [0.25, 0.3) is 0 Å². The highest BCUT2D eigenvalue weighted by atomic mass is 16.5. The smallest absolute Gasteiger partial charge is 0.118 e. The van der Waals surface area contributed by atoms with E-state index in [1.807, 2.05) is 36.4 Å². The summed E-state index contributed by atoms with van der Waals surface area (Å²) >= 11 is 0. The Morgan fingerprint density at radius 3 is 1.81 bits per heavy atom. The topological polar surface area (TPSA) is 45.0 Å². The normalized spacial score (nSPS) is 13.2. The number of hydrogen-bond donors (Lipinski definition) is 1. The van der Waals surface area contributed by atoms with Crippen molar-refractivity contribution in [2.24, 2.45) is 0 Å². The second-order valence-electron chi connectivity index (χ2n) is 5.12. The summed E-state index contributed by atoms with van der Waals surface area (Å²) in [5.74, 6) is 0.867. The van der Waals surface area contributed by atoms with E-state index in [0.29, 0.717) is 5.56 Å². The van der Waals surface area contributed by atoms with Gasteiger partial charge in [0, 0.05) is 12.1 Å². The molecule has 0 amide bonds. The van der Waals surface area contributed by atoms with Gasteiger partial charge >= 0.3 is 0 Å². The summed E-state index contributed by atoms with van der Waals surface area (Å²) in [7, 11) is 1.67. The molecule has 0 aliphatic rings. The summed E-state index contributed by atoms with van der Waals surface area (Å²) in [4.78, 5) is 0. The fraction of sp³-hybridized carbons (Fsp3) is 0.278. The lowest BCUT2D eigenvalue weighted by Gasteiger charge is -2.21. The quantitative estimate of drug-likeness (QED) is 0.901. The Hall–Kier alpha value is -2.31. The van der Waals surface area contributed by atoms with Crippen LogP contribution in [0.5, 0.6) is 5.75 Å². The van der Waals surface area contributed by atoms with E-state index in [1.54, 1.807) is 7.11 Å². The number of nitrogens with one attached hydrogen (secondary N) is 1. The van der Waals surface area contributed by atoms with Gasteiger partial charge in [-0.05, 0) is 49.2 Å². The SMILES string of the molecule is COc1ccc([C@@H](C)NC(C)c2ccc(C#N)cc2)cc1. The van der Waals surface area contributed by atoms with E-state index >= 15 is 0 Å². The van der Waals surface area contributed by atoms with Crippen LogP contribution < -0.4 is 10.1 Å². The standard InChI is InChI=1S/C18H20N2O/c1-13(16-6-4-15(12-19)5-7-16)20-14(2)17-8-10-18(21-3)11-9-17/h4-11,13-14,20H,1-3H3/t13?,14-/m1/s1. The zero-order valence-corrected chi connectivity index (χ0v) is 12.6. The maximum atomic E-state index is 8.83. The molecule has 3 nitrogen and oxygen atoms in total. The fourth-order valence-corrected chi connectivity index (χ4v) is 2.31. The molecule has 1 N–H and O–H groups in total. The van der Waals surface area contributed by atoms with Crippen LogP contribution in [0.25, 0.3) is 0 Å². The Bertz CT molecular complexity index is 611. The van der Waals surface area contributed by atoms with Crippen molar-refractivity contribution in [2.45, 2.75) is 25.9 Å². The lowest BCUT2D eigenvalue weighted by atomic mass is 10.0. The molecule has 0 fully saturated rings. The highest BCUT2D eigenvalue weighted by Gasteiger charge is 2.11. The Balaban J connectivity index is 2.03. The van der Waals surface area contributed by atoms with Crippen LogP contribution in [0, 0.1) is 11.3 Å². The van der Waals surface area contributed by atoms with Crippen LogP contribution in [0.3, 0.4) is 0 Å². The van der Waals surface area contributed by atoms with Crippen molar-refractivity contribution in [3.05, 3.63) is 65.2 Å². The molecule has 2 aromatic carbocycles. The average Bonchev–Trinajstić information content (AvgIpc) is 2.55. The van der Waals surface area contributed by atoms with E-state index in [-0.39, 0.29) is 12.1 Å². The van der Waals surface area contributed by atoms with Gasteiger partial charge in [0.2, 0.25) is 0 Å². The van der Waals surface area contributed by atoms with E-state index in [1.165, 1.54) is 11.1 Å².